The molecule has 2 unspecified atom stereocenters. The smallest absolute Gasteiger partial charge is 0.243 e. The van der Waals surface area contributed by atoms with Crippen LogP contribution in [-0.2, 0) is 10.0 Å². The topological polar surface area (TPSA) is 68.1 Å². The van der Waals surface area contributed by atoms with Crippen molar-refractivity contribution in [2.24, 2.45) is 0 Å². The van der Waals surface area contributed by atoms with Gasteiger partial charge in [0, 0.05) is 18.3 Å². The van der Waals surface area contributed by atoms with Gasteiger partial charge in [0.15, 0.2) is 0 Å². The highest BCUT2D eigenvalue weighted by molar-refractivity contribution is 7.89. The number of fused-ring (bicyclic) bond motifs is 2. The maximum absolute atomic E-state index is 13.2. The van der Waals surface area contributed by atoms with E-state index in [9.17, 15) is 8.42 Å². The standard InChI is InChI=1S/C17H22N4O2S/c1-12-3-6-17(9-13(12)2)24(22,23)21-14-4-5-15(21)11-16(10-14)20-8-7-18-19-20/h3,6-9,14-16H,4-5,10-11H2,1-2H3. The molecular weight excluding hydrogens is 324 g/mol. The van der Waals surface area contributed by atoms with Crippen molar-refractivity contribution in [1.82, 2.24) is 19.3 Å². The van der Waals surface area contributed by atoms with Crippen LogP contribution in [0, 0.1) is 13.8 Å². The van der Waals surface area contributed by atoms with Gasteiger partial charge in [0.2, 0.25) is 10.0 Å². The van der Waals surface area contributed by atoms with E-state index in [1.165, 1.54) is 0 Å². The lowest BCUT2D eigenvalue weighted by Crippen LogP contribution is -2.46. The molecule has 2 fully saturated rings. The van der Waals surface area contributed by atoms with E-state index in [2.05, 4.69) is 10.3 Å². The van der Waals surface area contributed by atoms with Gasteiger partial charge in [0.25, 0.3) is 0 Å². The second kappa shape index (κ2) is 5.67. The Hall–Kier alpha value is -1.73. The minimum Gasteiger partial charge on any atom is -0.249 e. The van der Waals surface area contributed by atoms with Gasteiger partial charge in [0.05, 0.1) is 17.1 Å². The van der Waals surface area contributed by atoms with E-state index in [0.717, 1.165) is 36.8 Å². The fourth-order valence-electron chi connectivity index (χ4n) is 4.12. The second-order valence-corrected chi connectivity index (χ2v) is 8.82. The first-order valence-electron chi connectivity index (χ1n) is 8.43. The normalized spacial score (nSPS) is 27.5. The van der Waals surface area contributed by atoms with Crippen molar-refractivity contribution in [3.8, 4) is 0 Å². The quantitative estimate of drug-likeness (QED) is 0.856. The van der Waals surface area contributed by atoms with Gasteiger partial charge in [-0.25, -0.2) is 13.1 Å². The molecule has 2 atom stereocenters. The molecule has 24 heavy (non-hydrogen) atoms. The molecule has 2 aliphatic heterocycles. The van der Waals surface area contributed by atoms with Crippen molar-refractivity contribution in [1.29, 1.82) is 0 Å². The summed E-state index contributed by atoms with van der Waals surface area (Å²) in [5.74, 6) is 0. The molecule has 0 aliphatic carbocycles. The molecule has 0 radical (unpaired) electrons. The summed E-state index contributed by atoms with van der Waals surface area (Å²) in [5.41, 5.74) is 2.13. The molecule has 2 bridgehead atoms. The van der Waals surface area contributed by atoms with E-state index in [4.69, 9.17) is 0 Å². The largest absolute Gasteiger partial charge is 0.249 e. The van der Waals surface area contributed by atoms with Gasteiger partial charge in [-0.1, -0.05) is 11.3 Å². The third-order valence-corrected chi connectivity index (χ3v) is 7.51. The highest BCUT2D eigenvalue weighted by atomic mass is 32.2. The molecule has 4 rings (SSSR count). The molecule has 0 saturated carbocycles. The molecule has 0 spiro atoms. The number of hydrogen-bond donors (Lipinski definition) is 0. The molecular formula is C17H22N4O2S. The molecule has 0 N–H and O–H groups in total. The van der Waals surface area contributed by atoms with Crippen molar-refractivity contribution >= 4 is 10.0 Å². The lowest BCUT2D eigenvalue weighted by atomic mass is 10.00. The third kappa shape index (κ3) is 2.46. The first-order valence-corrected chi connectivity index (χ1v) is 9.87. The molecule has 3 heterocycles. The molecule has 1 aromatic heterocycles. The van der Waals surface area contributed by atoms with Gasteiger partial charge in [-0.2, -0.15) is 4.31 Å². The van der Waals surface area contributed by atoms with Crippen LogP contribution >= 0.6 is 0 Å². The van der Waals surface area contributed by atoms with Crippen molar-refractivity contribution < 1.29 is 8.42 Å². The van der Waals surface area contributed by atoms with Crippen molar-refractivity contribution in [2.45, 2.75) is 62.6 Å². The van der Waals surface area contributed by atoms with Crippen LogP contribution in [0.25, 0.3) is 0 Å². The summed E-state index contributed by atoms with van der Waals surface area (Å²) < 4.78 is 30.0. The highest BCUT2D eigenvalue weighted by Gasteiger charge is 2.47. The summed E-state index contributed by atoms with van der Waals surface area (Å²) in [5, 5.41) is 7.98. The van der Waals surface area contributed by atoms with E-state index in [0.29, 0.717) is 4.90 Å². The molecule has 1 aromatic carbocycles. The Morgan fingerprint density at radius 3 is 2.33 bits per heavy atom. The SMILES string of the molecule is Cc1ccc(S(=O)(=O)N2C3CCC2CC(n2ccnn2)C3)cc1C. The molecule has 6 nitrogen and oxygen atoms in total. The van der Waals surface area contributed by atoms with Crippen LogP contribution in [-0.4, -0.2) is 39.8 Å². The summed E-state index contributed by atoms with van der Waals surface area (Å²) in [4.78, 5) is 0.418. The number of sulfonamides is 1. The van der Waals surface area contributed by atoms with Crippen LogP contribution in [0.4, 0.5) is 0 Å². The van der Waals surface area contributed by atoms with Crippen LogP contribution in [0.15, 0.2) is 35.5 Å². The average Bonchev–Trinajstić information content (AvgIpc) is 3.17. The number of rotatable bonds is 3. The fourth-order valence-corrected chi connectivity index (χ4v) is 6.10. The van der Waals surface area contributed by atoms with Gasteiger partial charge in [-0.15, -0.1) is 5.10 Å². The Labute approximate surface area is 142 Å². The maximum atomic E-state index is 13.2. The molecule has 2 aliphatic rings. The minimum atomic E-state index is -3.44. The van der Waals surface area contributed by atoms with Gasteiger partial charge in [-0.05, 0) is 62.8 Å². The molecule has 128 valence electrons. The summed E-state index contributed by atoms with van der Waals surface area (Å²) in [7, 11) is -3.44. The lowest BCUT2D eigenvalue weighted by Gasteiger charge is -2.37. The van der Waals surface area contributed by atoms with Crippen molar-refractivity contribution in [3.05, 3.63) is 41.7 Å². The number of hydrogen-bond acceptors (Lipinski definition) is 4. The Bertz CT molecular complexity index is 833. The predicted octanol–water partition coefficient (Wildman–Crippen LogP) is 2.45. The van der Waals surface area contributed by atoms with Crippen LogP contribution in [0.2, 0.25) is 0 Å². The van der Waals surface area contributed by atoms with E-state index in [1.54, 1.807) is 22.6 Å². The Morgan fingerprint density at radius 2 is 1.75 bits per heavy atom. The average molecular weight is 346 g/mol. The Kier molecular flexibility index (Phi) is 3.73. The van der Waals surface area contributed by atoms with Crippen LogP contribution in [0.1, 0.15) is 42.9 Å². The Morgan fingerprint density at radius 1 is 1.04 bits per heavy atom. The van der Waals surface area contributed by atoms with Gasteiger partial charge < -0.3 is 0 Å². The van der Waals surface area contributed by atoms with Gasteiger partial charge >= 0.3 is 0 Å². The number of nitrogens with zero attached hydrogens (tertiary/aromatic N) is 4. The summed E-state index contributed by atoms with van der Waals surface area (Å²) in [6, 6.07) is 5.80. The van der Waals surface area contributed by atoms with Crippen LogP contribution in [0.3, 0.4) is 0 Å². The zero-order valence-corrected chi connectivity index (χ0v) is 14.8. The van der Waals surface area contributed by atoms with E-state index >= 15 is 0 Å². The Balaban J connectivity index is 1.64. The highest BCUT2D eigenvalue weighted by Crippen LogP contribution is 2.43. The fraction of sp³-hybridized carbons (Fsp3) is 0.529. The first-order chi connectivity index (χ1) is 11.5. The second-order valence-electron chi connectivity index (χ2n) is 6.97. The van der Waals surface area contributed by atoms with Crippen molar-refractivity contribution in [2.75, 3.05) is 0 Å². The zero-order chi connectivity index (χ0) is 16.9. The zero-order valence-electron chi connectivity index (χ0n) is 14.0. The summed E-state index contributed by atoms with van der Waals surface area (Å²) >= 11 is 0. The summed E-state index contributed by atoms with van der Waals surface area (Å²) in [6.07, 6.45) is 7.03. The molecule has 2 aromatic rings. The van der Waals surface area contributed by atoms with E-state index < -0.39 is 10.0 Å². The minimum absolute atomic E-state index is 0.0598. The molecule has 2 saturated heterocycles. The maximum Gasteiger partial charge on any atom is 0.243 e. The van der Waals surface area contributed by atoms with Crippen LogP contribution < -0.4 is 0 Å². The monoisotopic (exact) mass is 346 g/mol. The molecule has 0 amide bonds. The van der Waals surface area contributed by atoms with Crippen LogP contribution in [0.5, 0.6) is 0 Å². The number of aromatic nitrogens is 3. The predicted molar refractivity (Wildman–Crippen MR) is 90.0 cm³/mol. The number of piperidine rings is 1. The number of aryl methyl sites for hydroxylation is 2. The third-order valence-electron chi connectivity index (χ3n) is 5.51. The van der Waals surface area contributed by atoms with Crippen molar-refractivity contribution in [3.63, 3.8) is 0 Å². The number of benzene rings is 1. The lowest BCUT2D eigenvalue weighted by molar-refractivity contribution is 0.183. The molecule has 7 heteroatoms. The first kappa shape index (κ1) is 15.8. The van der Waals surface area contributed by atoms with E-state index in [1.807, 2.05) is 30.8 Å². The van der Waals surface area contributed by atoms with Gasteiger partial charge in [0.1, 0.15) is 0 Å². The van der Waals surface area contributed by atoms with E-state index in [-0.39, 0.29) is 18.1 Å². The van der Waals surface area contributed by atoms with Gasteiger partial charge in [-0.3, -0.25) is 0 Å². The summed E-state index contributed by atoms with van der Waals surface area (Å²) in [6.45, 7) is 3.96.